The van der Waals surface area contributed by atoms with Crippen molar-refractivity contribution < 1.29 is 4.79 Å². The molecule has 1 fully saturated rings. The van der Waals surface area contributed by atoms with Gasteiger partial charge in [-0.05, 0) is 43.5 Å². The van der Waals surface area contributed by atoms with Crippen LogP contribution in [-0.2, 0) is 4.79 Å². The van der Waals surface area contributed by atoms with Crippen molar-refractivity contribution in [3.8, 4) is 0 Å². The fraction of sp³-hybridized carbons (Fsp3) is 0.417. The molecule has 0 saturated carbocycles. The fourth-order valence-corrected chi connectivity index (χ4v) is 1.89. The second-order valence-electron chi connectivity index (χ2n) is 3.70. The predicted molar refractivity (Wildman–Crippen MR) is 57.3 cm³/mol. The largest absolute Gasteiger partial charge is 0.372 e. The molecule has 1 aliphatic rings. The van der Waals surface area contributed by atoms with E-state index in [-0.39, 0.29) is 0 Å². The molecule has 2 rings (SSSR count). The van der Waals surface area contributed by atoms with Gasteiger partial charge >= 0.3 is 0 Å². The molecule has 0 amide bonds. The van der Waals surface area contributed by atoms with Gasteiger partial charge in [-0.15, -0.1) is 0 Å². The summed E-state index contributed by atoms with van der Waals surface area (Å²) in [6.45, 7) is 2.29. The minimum Gasteiger partial charge on any atom is -0.372 e. The molecule has 1 aliphatic heterocycles. The molecule has 2 heteroatoms. The second-order valence-corrected chi connectivity index (χ2v) is 3.70. The zero-order valence-corrected chi connectivity index (χ0v) is 8.20. The van der Waals surface area contributed by atoms with Gasteiger partial charge in [0.25, 0.3) is 0 Å². The Morgan fingerprint density at radius 2 is 1.64 bits per heavy atom. The molecule has 0 aromatic heterocycles. The third kappa shape index (κ3) is 1.95. The van der Waals surface area contributed by atoms with Gasteiger partial charge in [0.05, 0.1) is 0 Å². The number of benzene rings is 1. The molecular weight excluding hydrogens is 174 g/mol. The number of rotatable bonds is 2. The first-order chi connectivity index (χ1) is 6.90. The van der Waals surface area contributed by atoms with E-state index in [1.807, 2.05) is 30.6 Å². The Morgan fingerprint density at radius 3 is 2.21 bits per heavy atom. The number of piperidine rings is 1. The summed E-state index contributed by atoms with van der Waals surface area (Å²) in [6.07, 6.45) is 5.79. The van der Waals surface area contributed by atoms with Crippen LogP contribution < -0.4 is 4.90 Å². The van der Waals surface area contributed by atoms with Crippen molar-refractivity contribution in [2.75, 3.05) is 18.0 Å². The van der Waals surface area contributed by atoms with Crippen LogP contribution in [-0.4, -0.2) is 19.4 Å². The summed E-state index contributed by atoms with van der Waals surface area (Å²) in [5.41, 5.74) is 1.86. The van der Waals surface area contributed by atoms with Crippen LogP contribution in [0.1, 0.15) is 24.8 Å². The Morgan fingerprint density at radius 1 is 1.00 bits per heavy atom. The van der Waals surface area contributed by atoms with Crippen molar-refractivity contribution in [3.05, 3.63) is 29.8 Å². The van der Waals surface area contributed by atoms with Gasteiger partial charge in [0.2, 0.25) is 6.29 Å². The van der Waals surface area contributed by atoms with E-state index in [0.717, 1.165) is 13.1 Å². The van der Waals surface area contributed by atoms with Crippen molar-refractivity contribution in [3.63, 3.8) is 0 Å². The summed E-state index contributed by atoms with van der Waals surface area (Å²) in [5, 5.41) is 0. The predicted octanol–water partition coefficient (Wildman–Crippen LogP) is 2.13. The molecule has 0 bridgehead atoms. The maximum absolute atomic E-state index is 10.4. The lowest BCUT2D eigenvalue weighted by molar-refractivity contribution is 0.562. The Hall–Kier alpha value is -1.31. The van der Waals surface area contributed by atoms with E-state index in [9.17, 15) is 4.79 Å². The molecular formula is C12H14NO. The molecule has 1 aromatic carbocycles. The Bertz CT molecular complexity index is 299. The van der Waals surface area contributed by atoms with Crippen molar-refractivity contribution in [1.29, 1.82) is 0 Å². The van der Waals surface area contributed by atoms with E-state index >= 15 is 0 Å². The molecule has 73 valence electrons. The molecule has 1 aromatic rings. The van der Waals surface area contributed by atoms with Crippen molar-refractivity contribution in [1.82, 2.24) is 0 Å². The number of hydrogen-bond acceptors (Lipinski definition) is 2. The summed E-state index contributed by atoms with van der Waals surface area (Å²) < 4.78 is 0. The second kappa shape index (κ2) is 4.27. The minimum absolute atomic E-state index is 0.630. The monoisotopic (exact) mass is 188 g/mol. The molecule has 0 aliphatic carbocycles. The summed E-state index contributed by atoms with van der Waals surface area (Å²) in [7, 11) is 0. The first-order valence-corrected chi connectivity index (χ1v) is 5.13. The van der Waals surface area contributed by atoms with Crippen LogP contribution in [0.4, 0.5) is 5.69 Å². The number of nitrogens with zero attached hydrogens (tertiary/aromatic N) is 1. The lowest BCUT2D eigenvalue weighted by Gasteiger charge is -2.28. The maximum Gasteiger partial charge on any atom is 0.233 e. The molecule has 0 spiro atoms. The molecule has 2 nitrogen and oxygen atoms in total. The molecule has 14 heavy (non-hydrogen) atoms. The normalized spacial score (nSPS) is 16.7. The van der Waals surface area contributed by atoms with Gasteiger partial charge in [-0.1, -0.05) is 0 Å². The van der Waals surface area contributed by atoms with Crippen molar-refractivity contribution >= 4 is 12.0 Å². The zero-order chi connectivity index (χ0) is 9.80. The third-order valence-corrected chi connectivity index (χ3v) is 2.71. The highest BCUT2D eigenvalue weighted by atomic mass is 16.1. The fourth-order valence-electron chi connectivity index (χ4n) is 1.89. The maximum atomic E-state index is 10.4. The standard InChI is InChI=1S/C12H14NO/c14-10-11-4-6-12(7-5-11)13-8-2-1-3-9-13/h4-7H,1-3,8-9H2. The van der Waals surface area contributed by atoms with Crippen molar-refractivity contribution in [2.24, 2.45) is 0 Å². The van der Waals surface area contributed by atoms with Gasteiger partial charge in [-0.3, -0.25) is 4.79 Å². The van der Waals surface area contributed by atoms with E-state index in [0.29, 0.717) is 5.56 Å². The average Bonchev–Trinajstić information content (AvgIpc) is 2.30. The number of hydrogen-bond donors (Lipinski definition) is 0. The molecule has 1 saturated heterocycles. The van der Waals surface area contributed by atoms with Crippen molar-refractivity contribution in [2.45, 2.75) is 19.3 Å². The van der Waals surface area contributed by atoms with Crippen LogP contribution in [0.25, 0.3) is 0 Å². The van der Waals surface area contributed by atoms with Crippen LogP contribution in [0.2, 0.25) is 0 Å². The first kappa shape index (κ1) is 9.25. The molecule has 0 N–H and O–H groups in total. The Kier molecular flexibility index (Phi) is 2.82. The SMILES string of the molecule is O=[C]c1ccc(N2CCCCC2)cc1. The Labute approximate surface area is 84.5 Å². The average molecular weight is 188 g/mol. The topological polar surface area (TPSA) is 20.3 Å². The highest BCUT2D eigenvalue weighted by molar-refractivity contribution is 5.76. The van der Waals surface area contributed by atoms with Gasteiger partial charge in [0.15, 0.2) is 0 Å². The van der Waals surface area contributed by atoms with E-state index in [2.05, 4.69) is 4.90 Å². The van der Waals surface area contributed by atoms with Crippen LogP contribution in [0.3, 0.4) is 0 Å². The highest BCUT2D eigenvalue weighted by Gasteiger charge is 2.10. The zero-order valence-electron chi connectivity index (χ0n) is 8.20. The quantitative estimate of drug-likeness (QED) is 0.708. The lowest BCUT2D eigenvalue weighted by Crippen LogP contribution is -2.29. The van der Waals surface area contributed by atoms with Crippen LogP contribution in [0.15, 0.2) is 24.3 Å². The number of carbonyl (C=O) groups excluding carboxylic acids is 1. The third-order valence-electron chi connectivity index (χ3n) is 2.71. The molecule has 1 heterocycles. The Balaban J connectivity index is 2.11. The van der Waals surface area contributed by atoms with Gasteiger partial charge < -0.3 is 4.90 Å². The molecule has 0 unspecified atom stereocenters. The summed E-state index contributed by atoms with van der Waals surface area (Å²) in [6, 6.07) is 7.67. The molecule has 0 atom stereocenters. The first-order valence-electron chi connectivity index (χ1n) is 5.13. The summed E-state index contributed by atoms with van der Waals surface area (Å²) >= 11 is 0. The van der Waals surface area contributed by atoms with Gasteiger partial charge in [-0.25, -0.2) is 0 Å². The highest BCUT2D eigenvalue weighted by Crippen LogP contribution is 2.19. The van der Waals surface area contributed by atoms with Crippen LogP contribution in [0.5, 0.6) is 0 Å². The minimum atomic E-state index is 0.630. The van der Waals surface area contributed by atoms with Gasteiger partial charge in [-0.2, -0.15) is 0 Å². The lowest BCUT2D eigenvalue weighted by atomic mass is 10.1. The van der Waals surface area contributed by atoms with E-state index < -0.39 is 0 Å². The summed E-state index contributed by atoms with van der Waals surface area (Å²) in [4.78, 5) is 12.7. The molecule has 1 radical (unpaired) electrons. The van der Waals surface area contributed by atoms with Crippen LogP contribution >= 0.6 is 0 Å². The smallest absolute Gasteiger partial charge is 0.233 e. The number of anilines is 1. The van der Waals surface area contributed by atoms with E-state index in [1.54, 1.807) is 0 Å². The van der Waals surface area contributed by atoms with E-state index in [1.165, 1.54) is 24.9 Å². The van der Waals surface area contributed by atoms with Crippen LogP contribution in [0, 0.1) is 0 Å². The van der Waals surface area contributed by atoms with Gasteiger partial charge in [0, 0.05) is 24.3 Å². The van der Waals surface area contributed by atoms with E-state index in [4.69, 9.17) is 0 Å². The summed E-state index contributed by atoms with van der Waals surface area (Å²) in [5.74, 6) is 0. The van der Waals surface area contributed by atoms with Gasteiger partial charge in [0.1, 0.15) is 0 Å².